The second-order valence-electron chi connectivity index (χ2n) is 3.14. The lowest BCUT2D eigenvalue weighted by atomic mass is 10.1. The van der Waals surface area contributed by atoms with Gasteiger partial charge in [-0.25, -0.2) is 18.2 Å². The summed E-state index contributed by atoms with van der Waals surface area (Å²) in [5, 5.41) is 0. The van der Waals surface area contributed by atoms with Crippen LogP contribution in [0.25, 0.3) is 0 Å². The van der Waals surface area contributed by atoms with Crippen molar-refractivity contribution in [1.29, 1.82) is 0 Å². The molecular formula is C11H5F3N2O. The summed E-state index contributed by atoms with van der Waals surface area (Å²) in [6, 6.07) is 1.55. The van der Waals surface area contributed by atoms with Gasteiger partial charge in [-0.05, 0) is 12.1 Å². The Labute approximate surface area is 94.0 Å². The highest BCUT2D eigenvalue weighted by Crippen LogP contribution is 2.17. The first-order chi connectivity index (χ1) is 8.11. The van der Waals surface area contributed by atoms with Crippen LogP contribution in [0.5, 0.6) is 0 Å². The second kappa shape index (κ2) is 4.32. The van der Waals surface area contributed by atoms with Crippen LogP contribution in [0, 0.1) is 17.5 Å². The van der Waals surface area contributed by atoms with Crippen LogP contribution in [-0.2, 0) is 0 Å². The van der Waals surface area contributed by atoms with E-state index in [1.54, 1.807) is 0 Å². The van der Waals surface area contributed by atoms with Crippen molar-refractivity contribution in [2.75, 3.05) is 0 Å². The zero-order chi connectivity index (χ0) is 12.4. The van der Waals surface area contributed by atoms with Crippen LogP contribution in [0.4, 0.5) is 13.2 Å². The van der Waals surface area contributed by atoms with E-state index in [1.807, 2.05) is 0 Å². The minimum absolute atomic E-state index is 0.141. The summed E-state index contributed by atoms with van der Waals surface area (Å²) in [7, 11) is 0. The fourth-order valence-corrected chi connectivity index (χ4v) is 1.26. The molecular weight excluding hydrogens is 233 g/mol. The van der Waals surface area contributed by atoms with Crippen molar-refractivity contribution in [2.45, 2.75) is 0 Å². The third kappa shape index (κ3) is 2.01. The van der Waals surface area contributed by atoms with Gasteiger partial charge in [0.1, 0.15) is 5.69 Å². The van der Waals surface area contributed by atoms with Gasteiger partial charge in [-0.3, -0.25) is 9.78 Å². The Morgan fingerprint density at radius 2 is 1.82 bits per heavy atom. The van der Waals surface area contributed by atoms with Crippen molar-refractivity contribution in [3.8, 4) is 0 Å². The van der Waals surface area contributed by atoms with E-state index in [0.29, 0.717) is 6.07 Å². The summed E-state index contributed by atoms with van der Waals surface area (Å²) in [6.45, 7) is 0. The minimum Gasteiger partial charge on any atom is -0.287 e. The largest absolute Gasteiger partial charge is 0.287 e. The Kier molecular flexibility index (Phi) is 2.86. The number of hydrogen-bond donors (Lipinski definition) is 0. The van der Waals surface area contributed by atoms with E-state index in [0.717, 1.165) is 12.3 Å². The smallest absolute Gasteiger partial charge is 0.215 e. The number of carbonyl (C=O) groups is 1. The maximum Gasteiger partial charge on any atom is 0.215 e. The number of nitrogens with zero attached hydrogens (tertiary/aromatic N) is 2. The molecule has 1 aromatic heterocycles. The molecule has 3 nitrogen and oxygen atoms in total. The van der Waals surface area contributed by atoms with E-state index in [1.165, 1.54) is 12.4 Å². The Hall–Kier alpha value is -2.24. The molecule has 0 saturated heterocycles. The van der Waals surface area contributed by atoms with Gasteiger partial charge in [0.15, 0.2) is 17.5 Å². The maximum absolute atomic E-state index is 13.3. The van der Waals surface area contributed by atoms with Crippen molar-refractivity contribution < 1.29 is 18.0 Å². The molecule has 0 spiro atoms. The lowest BCUT2D eigenvalue weighted by Gasteiger charge is -2.02. The Balaban J connectivity index is 2.49. The molecule has 2 rings (SSSR count). The summed E-state index contributed by atoms with van der Waals surface area (Å²) in [5.74, 6) is -5.41. The van der Waals surface area contributed by atoms with Gasteiger partial charge < -0.3 is 0 Å². The first kappa shape index (κ1) is 11.3. The van der Waals surface area contributed by atoms with Crippen LogP contribution in [0.3, 0.4) is 0 Å². The van der Waals surface area contributed by atoms with Crippen molar-refractivity contribution in [3.63, 3.8) is 0 Å². The molecule has 0 amide bonds. The molecule has 1 aromatic carbocycles. The van der Waals surface area contributed by atoms with Gasteiger partial charge in [0.25, 0.3) is 0 Å². The molecule has 0 aliphatic rings. The summed E-state index contributed by atoms with van der Waals surface area (Å²) in [4.78, 5) is 19.0. The van der Waals surface area contributed by atoms with E-state index in [4.69, 9.17) is 0 Å². The Bertz CT molecular complexity index is 572. The number of rotatable bonds is 2. The molecule has 0 saturated carbocycles. The second-order valence-corrected chi connectivity index (χ2v) is 3.14. The molecule has 0 aliphatic carbocycles. The van der Waals surface area contributed by atoms with Crippen molar-refractivity contribution in [1.82, 2.24) is 9.97 Å². The average Bonchev–Trinajstić information content (AvgIpc) is 2.36. The zero-order valence-corrected chi connectivity index (χ0v) is 8.32. The Morgan fingerprint density at radius 3 is 2.47 bits per heavy atom. The average molecular weight is 238 g/mol. The molecule has 17 heavy (non-hydrogen) atoms. The van der Waals surface area contributed by atoms with Gasteiger partial charge in [0.05, 0.1) is 11.8 Å². The predicted octanol–water partition coefficient (Wildman–Crippen LogP) is 2.12. The molecule has 0 N–H and O–H groups in total. The molecule has 0 bridgehead atoms. The van der Waals surface area contributed by atoms with E-state index < -0.39 is 28.8 Å². The Morgan fingerprint density at radius 1 is 1.06 bits per heavy atom. The van der Waals surface area contributed by atoms with Crippen LogP contribution in [-0.4, -0.2) is 15.8 Å². The van der Waals surface area contributed by atoms with Crippen LogP contribution in [0.2, 0.25) is 0 Å². The number of benzene rings is 1. The van der Waals surface area contributed by atoms with Gasteiger partial charge in [-0.1, -0.05) is 0 Å². The number of halogens is 3. The molecule has 0 atom stereocenters. The molecule has 0 unspecified atom stereocenters. The molecule has 0 aliphatic heterocycles. The number of ketones is 1. The molecule has 6 heteroatoms. The first-order valence-corrected chi connectivity index (χ1v) is 4.55. The van der Waals surface area contributed by atoms with Crippen molar-refractivity contribution in [3.05, 3.63) is 59.4 Å². The van der Waals surface area contributed by atoms with Gasteiger partial charge in [0.2, 0.25) is 5.78 Å². The molecule has 0 radical (unpaired) electrons. The van der Waals surface area contributed by atoms with Gasteiger partial charge >= 0.3 is 0 Å². The van der Waals surface area contributed by atoms with Crippen molar-refractivity contribution >= 4 is 5.78 Å². The minimum atomic E-state index is -1.68. The van der Waals surface area contributed by atoms with E-state index in [9.17, 15) is 18.0 Å². The zero-order valence-electron chi connectivity index (χ0n) is 8.32. The third-order valence-corrected chi connectivity index (χ3v) is 2.08. The summed E-state index contributed by atoms with van der Waals surface area (Å²) in [5.41, 5.74) is -0.721. The highest BCUT2D eigenvalue weighted by Gasteiger charge is 2.20. The van der Waals surface area contributed by atoms with Gasteiger partial charge in [-0.15, -0.1) is 0 Å². The number of aromatic nitrogens is 2. The number of hydrogen-bond acceptors (Lipinski definition) is 3. The third-order valence-electron chi connectivity index (χ3n) is 2.08. The highest BCUT2D eigenvalue weighted by molar-refractivity contribution is 6.07. The molecule has 0 fully saturated rings. The summed E-state index contributed by atoms with van der Waals surface area (Å²) in [6.07, 6.45) is 3.69. The van der Waals surface area contributed by atoms with E-state index in [-0.39, 0.29) is 5.69 Å². The lowest BCUT2D eigenvalue weighted by Crippen LogP contribution is -2.09. The molecule has 2 aromatic rings. The topological polar surface area (TPSA) is 42.9 Å². The summed E-state index contributed by atoms with van der Waals surface area (Å²) < 4.78 is 38.9. The standard InChI is InChI=1S/C11H5F3N2O/c12-7-2-1-6(9(13)10(7)14)11(17)8-5-15-3-4-16-8/h1-5H. The first-order valence-electron chi connectivity index (χ1n) is 4.55. The van der Waals surface area contributed by atoms with Crippen LogP contribution in [0.1, 0.15) is 16.1 Å². The van der Waals surface area contributed by atoms with Crippen molar-refractivity contribution in [2.24, 2.45) is 0 Å². The summed E-state index contributed by atoms with van der Waals surface area (Å²) >= 11 is 0. The van der Waals surface area contributed by atoms with Gasteiger partial charge in [0, 0.05) is 12.4 Å². The quantitative estimate of drug-likeness (QED) is 0.594. The van der Waals surface area contributed by atoms with E-state index in [2.05, 4.69) is 9.97 Å². The highest BCUT2D eigenvalue weighted by atomic mass is 19.2. The van der Waals surface area contributed by atoms with Gasteiger partial charge in [-0.2, -0.15) is 0 Å². The van der Waals surface area contributed by atoms with Crippen LogP contribution < -0.4 is 0 Å². The van der Waals surface area contributed by atoms with E-state index >= 15 is 0 Å². The molecule has 86 valence electrons. The number of carbonyl (C=O) groups excluding carboxylic acids is 1. The normalized spacial score (nSPS) is 10.3. The fourth-order valence-electron chi connectivity index (χ4n) is 1.26. The monoisotopic (exact) mass is 238 g/mol. The molecule has 1 heterocycles. The maximum atomic E-state index is 13.3. The van der Waals surface area contributed by atoms with Crippen LogP contribution >= 0.6 is 0 Å². The predicted molar refractivity (Wildman–Crippen MR) is 51.8 cm³/mol. The van der Waals surface area contributed by atoms with Crippen LogP contribution in [0.15, 0.2) is 30.7 Å². The SMILES string of the molecule is O=C(c1cnccn1)c1ccc(F)c(F)c1F. The fraction of sp³-hybridized carbons (Fsp3) is 0. The lowest BCUT2D eigenvalue weighted by molar-refractivity contribution is 0.102.